The summed E-state index contributed by atoms with van der Waals surface area (Å²) in [5.74, 6) is 0.421. The second kappa shape index (κ2) is 6.55. The van der Waals surface area contributed by atoms with E-state index in [4.69, 9.17) is 15.2 Å². The zero-order chi connectivity index (χ0) is 14.4. The van der Waals surface area contributed by atoms with Crippen LogP contribution in [0.5, 0.6) is 12.0 Å². The van der Waals surface area contributed by atoms with Crippen LogP contribution in [0.15, 0.2) is 24.3 Å². The molecule has 0 aliphatic carbocycles. The SMILES string of the molecule is COc1nc(NCCc2ccc(N)cc2)nc(OC)n1. The Morgan fingerprint density at radius 2 is 1.60 bits per heavy atom. The van der Waals surface area contributed by atoms with E-state index in [2.05, 4.69) is 20.3 Å². The van der Waals surface area contributed by atoms with Gasteiger partial charge in [-0.15, -0.1) is 4.98 Å². The highest BCUT2D eigenvalue weighted by atomic mass is 16.5. The zero-order valence-corrected chi connectivity index (χ0v) is 11.5. The Kier molecular flexibility index (Phi) is 4.54. The van der Waals surface area contributed by atoms with Crippen molar-refractivity contribution in [3.63, 3.8) is 0 Å². The molecule has 106 valence electrons. The molecule has 0 aliphatic heterocycles. The van der Waals surface area contributed by atoms with Gasteiger partial charge < -0.3 is 20.5 Å². The second-order valence-electron chi connectivity index (χ2n) is 4.05. The van der Waals surface area contributed by atoms with E-state index in [1.807, 2.05) is 24.3 Å². The van der Waals surface area contributed by atoms with Crippen molar-refractivity contribution in [2.24, 2.45) is 0 Å². The molecule has 1 heterocycles. The smallest absolute Gasteiger partial charge is 0.324 e. The number of rotatable bonds is 6. The van der Waals surface area contributed by atoms with Crippen molar-refractivity contribution in [1.82, 2.24) is 15.0 Å². The molecule has 0 aliphatic rings. The molecule has 0 radical (unpaired) electrons. The summed E-state index contributed by atoms with van der Waals surface area (Å²) in [6, 6.07) is 8.17. The van der Waals surface area contributed by atoms with Crippen LogP contribution in [0.1, 0.15) is 5.56 Å². The Morgan fingerprint density at radius 1 is 1.00 bits per heavy atom. The molecule has 0 saturated carbocycles. The van der Waals surface area contributed by atoms with Crippen molar-refractivity contribution in [2.45, 2.75) is 6.42 Å². The largest absolute Gasteiger partial charge is 0.467 e. The standard InChI is InChI=1S/C13H17N5O2/c1-19-12-16-11(17-13(18-12)20-2)15-8-7-9-3-5-10(14)6-4-9/h3-6H,7-8,14H2,1-2H3,(H,15,16,17,18). The van der Waals surface area contributed by atoms with Crippen LogP contribution < -0.4 is 20.5 Å². The van der Waals surface area contributed by atoms with E-state index in [-0.39, 0.29) is 12.0 Å². The lowest BCUT2D eigenvalue weighted by atomic mass is 10.1. The highest BCUT2D eigenvalue weighted by molar-refractivity contribution is 5.39. The Labute approximate surface area is 117 Å². The van der Waals surface area contributed by atoms with Gasteiger partial charge in [0.25, 0.3) is 0 Å². The first kappa shape index (κ1) is 13.9. The number of methoxy groups -OCH3 is 2. The van der Waals surface area contributed by atoms with Crippen molar-refractivity contribution < 1.29 is 9.47 Å². The van der Waals surface area contributed by atoms with E-state index in [1.54, 1.807) is 0 Å². The van der Waals surface area contributed by atoms with E-state index in [1.165, 1.54) is 19.8 Å². The fraction of sp³-hybridized carbons (Fsp3) is 0.308. The molecule has 0 bridgehead atoms. The lowest BCUT2D eigenvalue weighted by Crippen LogP contribution is -2.10. The summed E-state index contributed by atoms with van der Waals surface area (Å²) in [5, 5.41) is 3.10. The first-order chi connectivity index (χ1) is 9.71. The molecule has 2 rings (SSSR count). The third kappa shape index (κ3) is 3.71. The summed E-state index contributed by atoms with van der Waals surface area (Å²) >= 11 is 0. The molecule has 0 saturated heterocycles. The Hall–Kier alpha value is -2.57. The van der Waals surface area contributed by atoms with Crippen LogP contribution >= 0.6 is 0 Å². The van der Waals surface area contributed by atoms with Crippen LogP contribution in [-0.4, -0.2) is 35.7 Å². The zero-order valence-electron chi connectivity index (χ0n) is 11.5. The van der Waals surface area contributed by atoms with E-state index in [9.17, 15) is 0 Å². The number of nitrogen functional groups attached to an aromatic ring is 1. The minimum atomic E-state index is 0.215. The molecule has 0 amide bonds. The minimum Gasteiger partial charge on any atom is -0.467 e. The van der Waals surface area contributed by atoms with Crippen molar-refractivity contribution in [1.29, 1.82) is 0 Å². The fourth-order valence-electron chi connectivity index (χ4n) is 1.60. The van der Waals surface area contributed by atoms with Gasteiger partial charge in [0.15, 0.2) is 0 Å². The van der Waals surface area contributed by atoms with Gasteiger partial charge in [0, 0.05) is 12.2 Å². The van der Waals surface area contributed by atoms with Gasteiger partial charge >= 0.3 is 12.0 Å². The third-order valence-corrected chi connectivity index (χ3v) is 2.64. The summed E-state index contributed by atoms with van der Waals surface area (Å²) in [7, 11) is 2.99. The maximum absolute atomic E-state index is 5.64. The Bertz CT molecular complexity index is 537. The van der Waals surface area contributed by atoms with Gasteiger partial charge in [-0.25, -0.2) is 0 Å². The van der Waals surface area contributed by atoms with Gasteiger partial charge in [-0.1, -0.05) is 12.1 Å². The van der Waals surface area contributed by atoms with E-state index in [0.29, 0.717) is 12.5 Å². The second-order valence-corrected chi connectivity index (χ2v) is 4.05. The van der Waals surface area contributed by atoms with Gasteiger partial charge in [-0.2, -0.15) is 9.97 Å². The number of hydrogen-bond acceptors (Lipinski definition) is 7. The molecule has 1 aromatic heterocycles. The number of aromatic nitrogens is 3. The summed E-state index contributed by atoms with van der Waals surface area (Å²) in [6.45, 7) is 0.681. The van der Waals surface area contributed by atoms with Crippen LogP contribution in [0.25, 0.3) is 0 Å². The van der Waals surface area contributed by atoms with Gasteiger partial charge in [0.2, 0.25) is 5.95 Å². The molecule has 2 aromatic rings. The number of nitrogens with zero attached hydrogens (tertiary/aromatic N) is 3. The molecule has 0 atom stereocenters. The first-order valence-electron chi connectivity index (χ1n) is 6.13. The fourth-order valence-corrected chi connectivity index (χ4v) is 1.60. The van der Waals surface area contributed by atoms with Gasteiger partial charge in [0.1, 0.15) is 0 Å². The van der Waals surface area contributed by atoms with Crippen LogP contribution in [0, 0.1) is 0 Å². The number of hydrogen-bond donors (Lipinski definition) is 2. The molecule has 1 aromatic carbocycles. The lowest BCUT2D eigenvalue weighted by Gasteiger charge is -2.07. The number of nitrogens with two attached hydrogens (primary N) is 1. The van der Waals surface area contributed by atoms with Crippen molar-refractivity contribution in [3.05, 3.63) is 29.8 Å². The molecule has 20 heavy (non-hydrogen) atoms. The molecule has 3 N–H and O–H groups in total. The number of anilines is 2. The first-order valence-corrected chi connectivity index (χ1v) is 6.13. The average Bonchev–Trinajstić information content (AvgIpc) is 2.49. The highest BCUT2D eigenvalue weighted by Gasteiger charge is 2.06. The summed E-state index contributed by atoms with van der Waals surface area (Å²) in [5.41, 5.74) is 7.58. The van der Waals surface area contributed by atoms with Crippen LogP contribution in [-0.2, 0) is 6.42 Å². The van der Waals surface area contributed by atoms with Gasteiger partial charge in [-0.05, 0) is 24.1 Å². The van der Waals surface area contributed by atoms with Gasteiger partial charge in [0.05, 0.1) is 14.2 Å². The Morgan fingerprint density at radius 3 is 2.15 bits per heavy atom. The van der Waals surface area contributed by atoms with Crippen LogP contribution in [0.4, 0.5) is 11.6 Å². The molecular weight excluding hydrogens is 258 g/mol. The normalized spacial score (nSPS) is 10.1. The topological polar surface area (TPSA) is 95.2 Å². The number of ether oxygens (including phenoxy) is 2. The van der Waals surface area contributed by atoms with Crippen LogP contribution in [0.2, 0.25) is 0 Å². The molecule has 0 fully saturated rings. The highest BCUT2D eigenvalue weighted by Crippen LogP contribution is 2.12. The maximum atomic E-state index is 5.64. The van der Waals surface area contributed by atoms with E-state index < -0.39 is 0 Å². The minimum absolute atomic E-state index is 0.215. The lowest BCUT2D eigenvalue weighted by molar-refractivity contribution is 0.341. The van der Waals surface area contributed by atoms with E-state index in [0.717, 1.165) is 12.1 Å². The summed E-state index contributed by atoms with van der Waals surface area (Å²) < 4.78 is 9.96. The monoisotopic (exact) mass is 275 g/mol. The quantitative estimate of drug-likeness (QED) is 0.763. The molecular formula is C13H17N5O2. The average molecular weight is 275 g/mol. The van der Waals surface area contributed by atoms with Crippen molar-refractivity contribution >= 4 is 11.6 Å². The van der Waals surface area contributed by atoms with Gasteiger partial charge in [-0.3, -0.25) is 0 Å². The van der Waals surface area contributed by atoms with E-state index >= 15 is 0 Å². The third-order valence-electron chi connectivity index (χ3n) is 2.64. The summed E-state index contributed by atoms with van der Waals surface area (Å²) in [4.78, 5) is 12.1. The predicted octanol–water partition coefficient (Wildman–Crippen LogP) is 1.13. The van der Waals surface area contributed by atoms with Crippen molar-refractivity contribution in [3.8, 4) is 12.0 Å². The molecule has 7 heteroatoms. The maximum Gasteiger partial charge on any atom is 0.324 e. The molecule has 0 spiro atoms. The van der Waals surface area contributed by atoms with Crippen LogP contribution in [0.3, 0.4) is 0 Å². The number of nitrogens with one attached hydrogen (secondary N) is 1. The molecule has 0 unspecified atom stereocenters. The number of benzene rings is 1. The Balaban J connectivity index is 1.94. The summed E-state index contributed by atoms with van der Waals surface area (Å²) in [6.07, 6.45) is 0.830. The predicted molar refractivity (Wildman–Crippen MR) is 76.0 cm³/mol. The van der Waals surface area contributed by atoms with Crippen molar-refractivity contribution in [2.75, 3.05) is 31.8 Å². The molecule has 7 nitrogen and oxygen atoms in total.